The van der Waals surface area contributed by atoms with E-state index in [0.29, 0.717) is 49.1 Å². The van der Waals surface area contributed by atoms with E-state index in [9.17, 15) is 9.59 Å². The molecule has 2 bridgehead atoms. The lowest BCUT2D eigenvalue weighted by molar-refractivity contribution is -0.153. The third kappa shape index (κ3) is 4.34. The number of amides is 2. The number of aromatic nitrogens is 2. The first-order chi connectivity index (χ1) is 13.9. The molecule has 4 atom stereocenters. The average Bonchev–Trinajstić information content (AvgIpc) is 3.06. The van der Waals surface area contributed by atoms with E-state index in [2.05, 4.69) is 38.5 Å². The highest BCUT2D eigenvalue weighted by Gasteiger charge is 2.49. The summed E-state index contributed by atoms with van der Waals surface area (Å²) >= 11 is 0. The molecule has 160 valence electrons. The van der Waals surface area contributed by atoms with Crippen LogP contribution in [-0.2, 0) is 23.2 Å². The average molecular weight is 402 g/mol. The van der Waals surface area contributed by atoms with Crippen molar-refractivity contribution in [2.45, 2.75) is 64.6 Å². The number of nitrogens with one attached hydrogen (secondary N) is 1. The molecule has 1 N–H and O–H groups in total. The van der Waals surface area contributed by atoms with Gasteiger partial charge in [-0.1, -0.05) is 13.8 Å². The Morgan fingerprint density at radius 1 is 1.31 bits per heavy atom. The minimum Gasteiger partial charge on any atom is -0.354 e. The van der Waals surface area contributed by atoms with Crippen molar-refractivity contribution >= 4 is 11.8 Å². The Kier molecular flexibility index (Phi) is 5.95. The lowest BCUT2D eigenvalue weighted by Gasteiger charge is -2.56. The number of imidazole rings is 1. The molecule has 3 fully saturated rings. The van der Waals surface area contributed by atoms with Gasteiger partial charge in [0, 0.05) is 58.3 Å². The minimum atomic E-state index is 0.102. The smallest absolute Gasteiger partial charge is 0.223 e. The Hall–Kier alpha value is -1.89. The van der Waals surface area contributed by atoms with Crippen LogP contribution >= 0.6 is 0 Å². The maximum atomic E-state index is 12.9. The van der Waals surface area contributed by atoms with Crippen LogP contribution in [-0.4, -0.2) is 62.9 Å². The van der Waals surface area contributed by atoms with Crippen molar-refractivity contribution in [1.82, 2.24) is 24.7 Å². The monoisotopic (exact) mass is 401 g/mol. The third-order valence-corrected chi connectivity index (χ3v) is 6.98. The number of hydrogen-bond acceptors (Lipinski definition) is 4. The molecular formula is C22H35N5O2. The molecule has 3 aliphatic rings. The van der Waals surface area contributed by atoms with Gasteiger partial charge in [0.2, 0.25) is 11.8 Å². The molecule has 3 aliphatic heterocycles. The molecule has 7 heteroatoms. The molecular weight excluding hydrogens is 366 g/mol. The van der Waals surface area contributed by atoms with Gasteiger partial charge in [0.05, 0.1) is 18.1 Å². The van der Waals surface area contributed by atoms with Gasteiger partial charge in [0.1, 0.15) is 0 Å². The van der Waals surface area contributed by atoms with E-state index in [1.54, 1.807) is 0 Å². The molecule has 4 rings (SSSR count). The fourth-order valence-electron chi connectivity index (χ4n) is 5.69. The van der Waals surface area contributed by atoms with Crippen LogP contribution in [0.15, 0.2) is 12.5 Å². The molecule has 2 amide bonds. The van der Waals surface area contributed by atoms with Gasteiger partial charge in [-0.3, -0.25) is 14.5 Å². The molecule has 0 aliphatic carbocycles. The van der Waals surface area contributed by atoms with Gasteiger partial charge in [-0.2, -0.15) is 0 Å². The van der Waals surface area contributed by atoms with Crippen molar-refractivity contribution < 1.29 is 9.59 Å². The summed E-state index contributed by atoms with van der Waals surface area (Å²) in [5.74, 6) is 1.69. The van der Waals surface area contributed by atoms with Gasteiger partial charge < -0.3 is 14.8 Å². The molecule has 29 heavy (non-hydrogen) atoms. The van der Waals surface area contributed by atoms with Gasteiger partial charge in [-0.05, 0) is 37.0 Å². The highest BCUT2D eigenvalue weighted by molar-refractivity contribution is 5.78. The zero-order valence-corrected chi connectivity index (χ0v) is 18.0. The Morgan fingerprint density at radius 2 is 2.10 bits per heavy atom. The highest BCUT2D eigenvalue weighted by atomic mass is 16.2. The van der Waals surface area contributed by atoms with E-state index in [1.165, 1.54) is 12.1 Å². The zero-order valence-electron chi connectivity index (χ0n) is 18.0. The summed E-state index contributed by atoms with van der Waals surface area (Å²) in [4.78, 5) is 34.1. The summed E-state index contributed by atoms with van der Waals surface area (Å²) in [6, 6.07) is 0.448. The summed E-state index contributed by atoms with van der Waals surface area (Å²) in [5.41, 5.74) is 1.23. The molecule has 1 aromatic rings. The van der Waals surface area contributed by atoms with E-state index in [4.69, 9.17) is 0 Å². The fourth-order valence-corrected chi connectivity index (χ4v) is 5.69. The van der Waals surface area contributed by atoms with Crippen molar-refractivity contribution in [3.63, 3.8) is 0 Å². The number of hydrogen-bond donors (Lipinski definition) is 1. The first-order valence-corrected chi connectivity index (χ1v) is 11.2. The molecule has 3 saturated heterocycles. The number of carbonyl (C=O) groups is 2. The quantitative estimate of drug-likeness (QED) is 0.789. The summed E-state index contributed by atoms with van der Waals surface area (Å²) < 4.78 is 2.09. The van der Waals surface area contributed by atoms with Gasteiger partial charge in [-0.25, -0.2) is 4.98 Å². The zero-order chi connectivity index (χ0) is 20.5. The predicted molar refractivity (Wildman–Crippen MR) is 111 cm³/mol. The number of piperidine rings is 3. The molecule has 0 saturated carbocycles. The Balaban J connectivity index is 1.50. The van der Waals surface area contributed by atoms with E-state index in [0.717, 1.165) is 32.5 Å². The number of fused-ring (bicyclic) bond motifs is 4. The number of rotatable bonds is 6. The number of likely N-dealkylation sites (tertiary alicyclic amines) is 1. The van der Waals surface area contributed by atoms with Gasteiger partial charge in [-0.15, -0.1) is 0 Å². The summed E-state index contributed by atoms with van der Waals surface area (Å²) in [6.07, 6.45) is 8.27. The van der Waals surface area contributed by atoms with Crippen molar-refractivity contribution in [3.05, 3.63) is 18.2 Å². The number of aryl methyl sites for hydroxylation is 1. The van der Waals surface area contributed by atoms with E-state index >= 15 is 0 Å². The largest absolute Gasteiger partial charge is 0.354 e. The number of carbonyl (C=O) groups excluding carboxylic acids is 2. The van der Waals surface area contributed by atoms with Crippen LogP contribution in [0.1, 0.15) is 51.6 Å². The van der Waals surface area contributed by atoms with Gasteiger partial charge in [0.25, 0.3) is 0 Å². The van der Waals surface area contributed by atoms with Crippen molar-refractivity contribution in [2.75, 3.05) is 19.6 Å². The minimum absolute atomic E-state index is 0.102. The Labute approximate surface area is 173 Å². The van der Waals surface area contributed by atoms with Crippen LogP contribution in [0, 0.1) is 17.8 Å². The maximum absolute atomic E-state index is 12.9. The number of nitrogens with zero attached hydrogens (tertiary/aromatic N) is 4. The first-order valence-electron chi connectivity index (χ1n) is 11.2. The normalized spacial score (nSPS) is 29.8. The first kappa shape index (κ1) is 20.4. The fraction of sp³-hybridized carbons (Fsp3) is 0.773. The molecule has 0 spiro atoms. The maximum Gasteiger partial charge on any atom is 0.223 e. The topological polar surface area (TPSA) is 70.5 Å². The molecule has 4 heterocycles. The van der Waals surface area contributed by atoms with Gasteiger partial charge >= 0.3 is 0 Å². The Morgan fingerprint density at radius 3 is 2.83 bits per heavy atom. The lowest BCUT2D eigenvalue weighted by atomic mass is 9.72. The second-order valence-corrected chi connectivity index (χ2v) is 9.68. The van der Waals surface area contributed by atoms with Gasteiger partial charge in [0.15, 0.2) is 0 Å². The second kappa shape index (κ2) is 8.46. The van der Waals surface area contributed by atoms with Crippen LogP contribution in [0.4, 0.5) is 0 Å². The third-order valence-electron chi connectivity index (χ3n) is 6.98. The highest BCUT2D eigenvalue weighted by Crippen LogP contribution is 2.41. The SMILES string of the molecule is CC(C)CC(=O)NC[C@H]1[C@H]2C[C@H](CN(Cc3cncn3C)C2)[C@@H]2CCCC(=O)N21. The van der Waals surface area contributed by atoms with E-state index < -0.39 is 0 Å². The van der Waals surface area contributed by atoms with Crippen molar-refractivity contribution in [3.8, 4) is 0 Å². The van der Waals surface area contributed by atoms with Crippen molar-refractivity contribution in [1.29, 1.82) is 0 Å². The molecule has 1 aromatic heterocycles. The second-order valence-electron chi connectivity index (χ2n) is 9.68. The van der Waals surface area contributed by atoms with Crippen LogP contribution in [0.5, 0.6) is 0 Å². The van der Waals surface area contributed by atoms with Crippen LogP contribution in [0.25, 0.3) is 0 Å². The Bertz CT molecular complexity index is 745. The molecule has 7 nitrogen and oxygen atoms in total. The summed E-state index contributed by atoms with van der Waals surface area (Å²) in [6.45, 7) is 7.63. The summed E-state index contributed by atoms with van der Waals surface area (Å²) in [5, 5.41) is 3.14. The molecule has 0 radical (unpaired) electrons. The standard InChI is InChI=1S/C22H35N5O2/c1-15(2)7-21(28)24-10-20-17-8-16(19-5-4-6-22(29)27(19)20)11-26(12-17)13-18-9-23-14-25(18)3/h9,14-17,19-20H,4-8,10-13H2,1-3H3,(H,24,28)/t16-,17+,19+,20+/m1/s1. The van der Waals surface area contributed by atoms with Crippen LogP contribution < -0.4 is 5.32 Å². The molecule has 0 aromatic carbocycles. The van der Waals surface area contributed by atoms with Crippen molar-refractivity contribution in [2.24, 2.45) is 24.8 Å². The summed E-state index contributed by atoms with van der Waals surface area (Å²) in [7, 11) is 2.04. The lowest BCUT2D eigenvalue weighted by Crippen LogP contribution is -2.67. The predicted octanol–water partition coefficient (Wildman–Crippen LogP) is 1.78. The van der Waals surface area contributed by atoms with Crippen LogP contribution in [0.3, 0.4) is 0 Å². The van der Waals surface area contributed by atoms with E-state index in [-0.39, 0.29) is 11.9 Å². The van der Waals surface area contributed by atoms with E-state index in [1.807, 2.05) is 19.6 Å². The van der Waals surface area contributed by atoms with Crippen LogP contribution in [0.2, 0.25) is 0 Å². The molecule has 0 unspecified atom stereocenters.